The minimum atomic E-state index is -0.279. The van der Waals surface area contributed by atoms with Gasteiger partial charge in [-0.05, 0) is 29.7 Å². The third kappa shape index (κ3) is 2.05. The van der Waals surface area contributed by atoms with E-state index in [0.717, 1.165) is 18.4 Å². The van der Waals surface area contributed by atoms with Crippen molar-refractivity contribution in [2.24, 2.45) is 0 Å². The van der Waals surface area contributed by atoms with E-state index in [1.807, 2.05) is 0 Å². The van der Waals surface area contributed by atoms with Gasteiger partial charge < -0.3 is 5.11 Å². The molecule has 0 saturated heterocycles. The minimum Gasteiger partial charge on any atom is -0.392 e. The molecule has 0 aromatic heterocycles. The lowest BCUT2D eigenvalue weighted by atomic mass is 10.0. The highest BCUT2D eigenvalue weighted by molar-refractivity contribution is 5.27. The fourth-order valence-electron chi connectivity index (χ4n) is 1.25. The maximum absolute atomic E-state index is 12.7. The Morgan fingerprint density at radius 3 is 2.67 bits per heavy atom. The Morgan fingerprint density at radius 1 is 1.33 bits per heavy atom. The van der Waals surface area contributed by atoms with Crippen molar-refractivity contribution in [3.63, 3.8) is 0 Å². The Hall–Kier alpha value is -0.890. The van der Waals surface area contributed by atoms with Gasteiger partial charge in [-0.25, -0.2) is 4.39 Å². The molecule has 1 rings (SSSR count). The molecule has 0 unspecified atom stereocenters. The van der Waals surface area contributed by atoms with Crippen LogP contribution in [0.3, 0.4) is 0 Å². The molecule has 12 heavy (non-hydrogen) atoms. The maximum Gasteiger partial charge on any atom is 0.123 e. The summed E-state index contributed by atoms with van der Waals surface area (Å²) in [6.45, 7) is 1.98. The predicted molar refractivity (Wildman–Crippen MR) is 46.3 cm³/mol. The second kappa shape index (κ2) is 4.21. The standard InChI is InChI=1S/C10H13FO/c1-2-3-8-4-5-10(11)6-9(8)7-12/h4-6,12H,2-3,7H2,1H3. The highest BCUT2D eigenvalue weighted by atomic mass is 19.1. The van der Waals surface area contributed by atoms with E-state index in [4.69, 9.17) is 5.11 Å². The van der Waals surface area contributed by atoms with Gasteiger partial charge in [0.15, 0.2) is 0 Å². The molecular formula is C10H13FO. The first-order chi connectivity index (χ1) is 5.77. The average molecular weight is 168 g/mol. The molecule has 2 heteroatoms. The van der Waals surface area contributed by atoms with Gasteiger partial charge >= 0.3 is 0 Å². The molecule has 0 heterocycles. The van der Waals surface area contributed by atoms with Gasteiger partial charge in [0.05, 0.1) is 6.61 Å². The summed E-state index contributed by atoms with van der Waals surface area (Å²) in [5.41, 5.74) is 1.75. The van der Waals surface area contributed by atoms with Gasteiger partial charge in [-0.3, -0.25) is 0 Å². The quantitative estimate of drug-likeness (QED) is 0.734. The molecule has 1 aromatic carbocycles. The summed E-state index contributed by atoms with van der Waals surface area (Å²) in [5.74, 6) is -0.279. The van der Waals surface area contributed by atoms with Crippen molar-refractivity contribution < 1.29 is 9.50 Å². The lowest BCUT2D eigenvalue weighted by Crippen LogP contribution is -1.94. The molecule has 0 radical (unpaired) electrons. The van der Waals surface area contributed by atoms with E-state index in [1.165, 1.54) is 12.1 Å². The van der Waals surface area contributed by atoms with Crippen LogP contribution in [0.2, 0.25) is 0 Å². The Kier molecular flexibility index (Phi) is 3.23. The van der Waals surface area contributed by atoms with Crippen LogP contribution >= 0.6 is 0 Å². The van der Waals surface area contributed by atoms with Gasteiger partial charge in [-0.2, -0.15) is 0 Å². The number of hydrogen-bond acceptors (Lipinski definition) is 1. The molecule has 0 amide bonds. The molecule has 1 aromatic rings. The second-order valence-electron chi connectivity index (χ2n) is 2.82. The Labute approximate surface area is 71.9 Å². The third-order valence-electron chi connectivity index (χ3n) is 1.86. The van der Waals surface area contributed by atoms with Crippen LogP contribution in [-0.4, -0.2) is 5.11 Å². The lowest BCUT2D eigenvalue weighted by Gasteiger charge is -2.05. The lowest BCUT2D eigenvalue weighted by molar-refractivity contribution is 0.280. The number of hydrogen-bond donors (Lipinski definition) is 1. The Balaban J connectivity index is 2.94. The van der Waals surface area contributed by atoms with Crippen molar-refractivity contribution in [3.05, 3.63) is 35.1 Å². The van der Waals surface area contributed by atoms with Crippen molar-refractivity contribution >= 4 is 0 Å². The van der Waals surface area contributed by atoms with E-state index in [2.05, 4.69) is 6.92 Å². The zero-order valence-corrected chi connectivity index (χ0v) is 7.18. The SMILES string of the molecule is CCCc1ccc(F)cc1CO. The minimum absolute atomic E-state index is 0.0763. The van der Waals surface area contributed by atoms with E-state index in [0.29, 0.717) is 5.56 Å². The monoisotopic (exact) mass is 168 g/mol. The van der Waals surface area contributed by atoms with E-state index >= 15 is 0 Å². The first kappa shape index (κ1) is 9.20. The molecule has 0 atom stereocenters. The summed E-state index contributed by atoms with van der Waals surface area (Å²) < 4.78 is 12.7. The topological polar surface area (TPSA) is 20.2 Å². The number of rotatable bonds is 3. The number of aliphatic hydroxyl groups is 1. The van der Waals surface area contributed by atoms with Crippen LogP contribution in [0, 0.1) is 5.82 Å². The molecule has 0 spiro atoms. The van der Waals surface area contributed by atoms with Crippen molar-refractivity contribution in [2.75, 3.05) is 0 Å². The van der Waals surface area contributed by atoms with Gasteiger partial charge in [0.25, 0.3) is 0 Å². The van der Waals surface area contributed by atoms with Crippen LogP contribution in [0.4, 0.5) is 4.39 Å². The summed E-state index contributed by atoms with van der Waals surface area (Å²) in [6.07, 6.45) is 1.91. The largest absolute Gasteiger partial charge is 0.392 e. The Bertz CT molecular complexity index is 258. The van der Waals surface area contributed by atoms with E-state index < -0.39 is 0 Å². The summed E-state index contributed by atoms with van der Waals surface area (Å²) in [5, 5.41) is 8.90. The maximum atomic E-state index is 12.7. The van der Waals surface area contributed by atoms with Crippen LogP contribution in [0.25, 0.3) is 0 Å². The molecular weight excluding hydrogens is 155 g/mol. The second-order valence-corrected chi connectivity index (χ2v) is 2.82. The van der Waals surface area contributed by atoms with E-state index in [-0.39, 0.29) is 12.4 Å². The van der Waals surface area contributed by atoms with Gasteiger partial charge in [0.1, 0.15) is 5.82 Å². The average Bonchev–Trinajstić information content (AvgIpc) is 2.08. The number of aliphatic hydroxyl groups excluding tert-OH is 1. The van der Waals surface area contributed by atoms with Crippen molar-refractivity contribution in [2.45, 2.75) is 26.4 Å². The normalized spacial score (nSPS) is 10.2. The van der Waals surface area contributed by atoms with Gasteiger partial charge in [-0.1, -0.05) is 19.4 Å². The van der Waals surface area contributed by atoms with Gasteiger partial charge in [-0.15, -0.1) is 0 Å². The van der Waals surface area contributed by atoms with E-state index in [9.17, 15) is 4.39 Å². The fourth-order valence-corrected chi connectivity index (χ4v) is 1.25. The number of aryl methyl sites for hydroxylation is 1. The van der Waals surface area contributed by atoms with Crippen molar-refractivity contribution in [1.29, 1.82) is 0 Å². The van der Waals surface area contributed by atoms with E-state index in [1.54, 1.807) is 6.07 Å². The molecule has 1 N–H and O–H groups in total. The molecule has 0 fully saturated rings. The highest BCUT2D eigenvalue weighted by Crippen LogP contribution is 2.13. The molecule has 0 saturated carbocycles. The zero-order chi connectivity index (χ0) is 8.97. The summed E-state index contributed by atoms with van der Waals surface area (Å²) in [7, 11) is 0. The first-order valence-electron chi connectivity index (χ1n) is 4.16. The fraction of sp³-hybridized carbons (Fsp3) is 0.400. The first-order valence-corrected chi connectivity index (χ1v) is 4.16. The van der Waals surface area contributed by atoms with Crippen molar-refractivity contribution in [3.8, 4) is 0 Å². The Morgan fingerprint density at radius 2 is 2.08 bits per heavy atom. The van der Waals surface area contributed by atoms with Crippen molar-refractivity contribution in [1.82, 2.24) is 0 Å². The van der Waals surface area contributed by atoms with Crippen LogP contribution in [0.15, 0.2) is 18.2 Å². The molecule has 0 bridgehead atoms. The predicted octanol–water partition coefficient (Wildman–Crippen LogP) is 2.27. The highest BCUT2D eigenvalue weighted by Gasteiger charge is 2.01. The molecule has 66 valence electrons. The van der Waals surface area contributed by atoms with Crippen LogP contribution < -0.4 is 0 Å². The summed E-state index contributed by atoms with van der Waals surface area (Å²) in [4.78, 5) is 0. The number of halogens is 1. The molecule has 0 aliphatic heterocycles. The van der Waals surface area contributed by atoms with Crippen LogP contribution in [-0.2, 0) is 13.0 Å². The third-order valence-corrected chi connectivity index (χ3v) is 1.86. The number of benzene rings is 1. The van der Waals surface area contributed by atoms with Gasteiger partial charge in [0, 0.05) is 0 Å². The summed E-state index contributed by atoms with van der Waals surface area (Å²) >= 11 is 0. The van der Waals surface area contributed by atoms with Crippen LogP contribution in [0.1, 0.15) is 24.5 Å². The zero-order valence-electron chi connectivity index (χ0n) is 7.18. The summed E-state index contributed by atoms with van der Waals surface area (Å²) in [6, 6.07) is 4.57. The van der Waals surface area contributed by atoms with Crippen LogP contribution in [0.5, 0.6) is 0 Å². The molecule has 0 aliphatic rings. The molecule has 0 aliphatic carbocycles. The molecule has 1 nitrogen and oxygen atoms in total. The smallest absolute Gasteiger partial charge is 0.123 e. The van der Waals surface area contributed by atoms with Gasteiger partial charge in [0.2, 0.25) is 0 Å².